The first-order valence-electron chi connectivity index (χ1n) is 6.68. The molecule has 0 unspecified atom stereocenters. The molecule has 1 amide bonds. The number of nitrogens with zero attached hydrogens (tertiary/aromatic N) is 2. The number of rotatable bonds is 4. The number of alkyl carbamates (subject to hydrolysis) is 1. The average molecular weight is 276 g/mol. The Balaban J connectivity index is 1.79. The van der Waals surface area contributed by atoms with Gasteiger partial charge < -0.3 is 10.1 Å². The predicted octanol–water partition coefficient (Wildman–Crippen LogP) is 2.42. The van der Waals surface area contributed by atoms with E-state index in [-0.39, 0.29) is 6.09 Å². The highest BCUT2D eigenvalue weighted by molar-refractivity contribution is 5.80. The summed E-state index contributed by atoms with van der Waals surface area (Å²) in [4.78, 5) is 15.6. The Labute approximate surface area is 117 Å². The first kappa shape index (κ1) is 14.3. The van der Waals surface area contributed by atoms with Crippen LogP contribution in [0.2, 0.25) is 0 Å². The Morgan fingerprint density at radius 1 is 1.35 bits per heavy atom. The number of hydrogen-bond acceptors (Lipinski definition) is 4. The largest absolute Gasteiger partial charge is 0.444 e. The zero-order chi connectivity index (χ0) is 14.6. The third-order valence-corrected chi connectivity index (χ3v) is 2.74. The molecule has 0 aliphatic carbocycles. The van der Waals surface area contributed by atoms with E-state index in [4.69, 9.17) is 4.74 Å². The maximum atomic E-state index is 11.5. The molecular weight excluding hydrogens is 256 g/mol. The lowest BCUT2D eigenvalue weighted by Crippen LogP contribution is -2.33. The highest BCUT2D eigenvalue weighted by atomic mass is 16.6. The first-order valence-corrected chi connectivity index (χ1v) is 6.68. The molecule has 2 aromatic rings. The number of aromatic nitrogens is 3. The van der Waals surface area contributed by atoms with Crippen molar-refractivity contribution in [3.63, 3.8) is 0 Å². The molecule has 2 rings (SSSR count). The number of pyridine rings is 1. The van der Waals surface area contributed by atoms with Crippen LogP contribution in [-0.4, -0.2) is 33.4 Å². The lowest BCUT2D eigenvalue weighted by atomic mass is 10.1. The SMILES string of the molecule is CC(C)(C)OC(=O)NCCCc1cncc2[nH]ncc12. The van der Waals surface area contributed by atoms with Gasteiger partial charge in [-0.25, -0.2) is 4.79 Å². The fourth-order valence-electron chi connectivity index (χ4n) is 1.90. The smallest absolute Gasteiger partial charge is 0.407 e. The molecule has 20 heavy (non-hydrogen) atoms. The molecular formula is C14H20N4O2. The topological polar surface area (TPSA) is 79.9 Å². The molecule has 0 aliphatic rings. The van der Waals surface area contributed by atoms with Gasteiger partial charge in [-0.05, 0) is 39.2 Å². The van der Waals surface area contributed by atoms with Gasteiger partial charge in [0.05, 0.1) is 17.9 Å². The van der Waals surface area contributed by atoms with Gasteiger partial charge in [-0.15, -0.1) is 0 Å². The van der Waals surface area contributed by atoms with Gasteiger partial charge in [-0.2, -0.15) is 5.10 Å². The normalized spacial score (nSPS) is 11.6. The van der Waals surface area contributed by atoms with E-state index in [1.54, 1.807) is 12.4 Å². The number of hydrogen-bond donors (Lipinski definition) is 2. The number of H-pyrrole nitrogens is 1. The van der Waals surface area contributed by atoms with E-state index in [0.717, 1.165) is 29.3 Å². The zero-order valence-electron chi connectivity index (χ0n) is 12.1. The van der Waals surface area contributed by atoms with Crippen molar-refractivity contribution in [1.29, 1.82) is 0 Å². The summed E-state index contributed by atoms with van der Waals surface area (Å²) in [7, 11) is 0. The number of fused-ring (bicyclic) bond motifs is 1. The molecule has 108 valence electrons. The van der Waals surface area contributed by atoms with E-state index < -0.39 is 5.60 Å². The quantitative estimate of drug-likeness (QED) is 0.840. The summed E-state index contributed by atoms with van der Waals surface area (Å²) in [6.07, 6.45) is 6.67. The summed E-state index contributed by atoms with van der Waals surface area (Å²) in [5, 5.41) is 10.7. The van der Waals surface area contributed by atoms with E-state index in [9.17, 15) is 4.79 Å². The van der Waals surface area contributed by atoms with E-state index in [0.29, 0.717) is 6.54 Å². The molecule has 0 aromatic carbocycles. The van der Waals surface area contributed by atoms with Gasteiger partial charge in [0.2, 0.25) is 0 Å². The van der Waals surface area contributed by atoms with Crippen LogP contribution in [0.3, 0.4) is 0 Å². The van der Waals surface area contributed by atoms with Gasteiger partial charge in [0, 0.05) is 18.1 Å². The number of carbonyl (C=O) groups is 1. The number of carbonyl (C=O) groups excluding carboxylic acids is 1. The van der Waals surface area contributed by atoms with Gasteiger partial charge in [-0.3, -0.25) is 10.1 Å². The maximum Gasteiger partial charge on any atom is 0.407 e. The Bertz CT molecular complexity index is 586. The molecule has 0 fully saturated rings. The first-order chi connectivity index (χ1) is 9.46. The maximum absolute atomic E-state index is 11.5. The van der Waals surface area contributed by atoms with E-state index in [1.165, 1.54) is 0 Å². The highest BCUT2D eigenvalue weighted by Gasteiger charge is 2.15. The number of nitrogens with one attached hydrogen (secondary N) is 2. The highest BCUT2D eigenvalue weighted by Crippen LogP contribution is 2.15. The molecule has 0 bridgehead atoms. The van der Waals surface area contributed by atoms with Gasteiger partial charge >= 0.3 is 6.09 Å². The molecule has 0 aliphatic heterocycles. The van der Waals surface area contributed by atoms with Crippen LogP contribution in [0.15, 0.2) is 18.6 Å². The van der Waals surface area contributed by atoms with Crippen LogP contribution in [0, 0.1) is 0 Å². The third-order valence-electron chi connectivity index (χ3n) is 2.74. The third kappa shape index (κ3) is 3.94. The minimum absolute atomic E-state index is 0.378. The van der Waals surface area contributed by atoms with Crippen LogP contribution in [0.5, 0.6) is 0 Å². The molecule has 6 heteroatoms. The van der Waals surface area contributed by atoms with Gasteiger partial charge in [-0.1, -0.05) is 0 Å². The minimum atomic E-state index is -0.462. The molecule has 0 radical (unpaired) electrons. The second kappa shape index (κ2) is 5.90. The van der Waals surface area contributed by atoms with Crippen molar-refractivity contribution in [3.8, 4) is 0 Å². The molecule has 2 heterocycles. The number of aryl methyl sites for hydroxylation is 1. The summed E-state index contributed by atoms with van der Waals surface area (Å²) in [5.74, 6) is 0. The van der Waals surface area contributed by atoms with Gasteiger partial charge in [0.1, 0.15) is 5.60 Å². The second-order valence-electron chi connectivity index (χ2n) is 5.66. The summed E-state index contributed by atoms with van der Waals surface area (Å²) in [5.41, 5.74) is 1.60. The Hall–Kier alpha value is -2.11. The standard InChI is InChI=1S/C14H20N4O2/c1-14(2,3)20-13(19)16-6-4-5-10-7-15-9-12-11(10)8-17-18-12/h7-9H,4-6H2,1-3H3,(H,16,19)(H,17,18). The van der Waals surface area contributed by atoms with E-state index in [1.807, 2.05) is 27.0 Å². The van der Waals surface area contributed by atoms with Crippen LogP contribution in [0.1, 0.15) is 32.8 Å². The minimum Gasteiger partial charge on any atom is -0.444 e. The fraction of sp³-hybridized carbons (Fsp3) is 0.500. The number of aromatic amines is 1. The number of ether oxygens (including phenoxy) is 1. The van der Waals surface area contributed by atoms with E-state index >= 15 is 0 Å². The second-order valence-corrected chi connectivity index (χ2v) is 5.66. The van der Waals surface area contributed by atoms with Crippen LogP contribution < -0.4 is 5.32 Å². The molecule has 2 aromatic heterocycles. The molecule has 0 saturated carbocycles. The Kier molecular flexibility index (Phi) is 4.22. The lowest BCUT2D eigenvalue weighted by molar-refractivity contribution is 0.0527. The lowest BCUT2D eigenvalue weighted by Gasteiger charge is -2.19. The van der Waals surface area contributed by atoms with Crippen molar-refractivity contribution < 1.29 is 9.53 Å². The molecule has 0 spiro atoms. The van der Waals surface area contributed by atoms with Gasteiger partial charge in [0.15, 0.2) is 0 Å². The monoisotopic (exact) mass is 276 g/mol. The van der Waals surface area contributed by atoms with Crippen LogP contribution >= 0.6 is 0 Å². The molecule has 0 saturated heterocycles. The fourth-order valence-corrected chi connectivity index (χ4v) is 1.90. The zero-order valence-corrected chi connectivity index (χ0v) is 12.1. The van der Waals surface area contributed by atoms with Crippen LogP contribution in [0.25, 0.3) is 10.9 Å². The summed E-state index contributed by atoms with van der Waals surface area (Å²) in [6, 6.07) is 0. The predicted molar refractivity (Wildman–Crippen MR) is 76.4 cm³/mol. The van der Waals surface area contributed by atoms with Crippen LogP contribution in [-0.2, 0) is 11.2 Å². The van der Waals surface area contributed by atoms with Crippen molar-refractivity contribution in [1.82, 2.24) is 20.5 Å². The summed E-state index contributed by atoms with van der Waals surface area (Å²) < 4.78 is 5.17. The van der Waals surface area contributed by atoms with Crippen molar-refractivity contribution in [2.24, 2.45) is 0 Å². The van der Waals surface area contributed by atoms with Crippen LogP contribution in [0.4, 0.5) is 4.79 Å². The van der Waals surface area contributed by atoms with Gasteiger partial charge in [0.25, 0.3) is 0 Å². The van der Waals surface area contributed by atoms with E-state index in [2.05, 4.69) is 20.5 Å². The molecule has 0 atom stereocenters. The van der Waals surface area contributed by atoms with Crippen molar-refractivity contribution in [3.05, 3.63) is 24.2 Å². The molecule has 2 N–H and O–H groups in total. The Morgan fingerprint density at radius 2 is 2.15 bits per heavy atom. The average Bonchev–Trinajstić information content (AvgIpc) is 2.81. The van der Waals surface area contributed by atoms with Crippen molar-refractivity contribution in [2.45, 2.75) is 39.2 Å². The number of amides is 1. The Morgan fingerprint density at radius 3 is 2.90 bits per heavy atom. The van der Waals surface area contributed by atoms with Crippen molar-refractivity contribution in [2.75, 3.05) is 6.54 Å². The summed E-state index contributed by atoms with van der Waals surface area (Å²) >= 11 is 0. The molecule has 6 nitrogen and oxygen atoms in total. The summed E-state index contributed by atoms with van der Waals surface area (Å²) in [6.45, 7) is 6.11. The van der Waals surface area contributed by atoms with Crippen molar-refractivity contribution >= 4 is 17.0 Å².